The van der Waals surface area contributed by atoms with Gasteiger partial charge < -0.3 is 31.9 Å². The van der Waals surface area contributed by atoms with Crippen LogP contribution in [0.2, 0.25) is 0 Å². The topological polar surface area (TPSA) is 133 Å². The van der Waals surface area contributed by atoms with Gasteiger partial charge in [-0.15, -0.1) is 24.8 Å². The molecule has 4 unspecified atom stereocenters. The maximum atomic E-state index is 9.09. The highest BCUT2D eigenvalue weighted by atomic mass is 35.5. The summed E-state index contributed by atoms with van der Waals surface area (Å²) in [7, 11) is 0. The molecule has 0 aromatic rings. The Hall–Kier alpha value is 0.340. The van der Waals surface area contributed by atoms with Crippen LogP contribution >= 0.6 is 24.8 Å². The van der Waals surface area contributed by atoms with Gasteiger partial charge in [0.25, 0.3) is 0 Å². The van der Waals surface area contributed by atoms with E-state index >= 15 is 0 Å². The van der Waals surface area contributed by atoms with Crippen molar-refractivity contribution < 1.29 is 20.4 Å². The summed E-state index contributed by atoms with van der Waals surface area (Å²) in [6.07, 6.45) is -5.43. The number of rotatable bonds is 5. The molecule has 0 aromatic carbocycles. The van der Waals surface area contributed by atoms with Crippen molar-refractivity contribution in [3.8, 4) is 0 Å². The molecule has 14 heavy (non-hydrogen) atoms. The standard InChI is InChI=1S/C6H16N2O4.2ClH/c7-1-3(9)5(11)6(12)4(10)2-8;;/h3-6,9-12H,1-2,7-8H2;2*1H. The lowest BCUT2D eigenvalue weighted by molar-refractivity contribution is -0.0990. The molecule has 6 nitrogen and oxygen atoms in total. The average Bonchev–Trinajstić information content (AvgIpc) is 2.12. The molecule has 8 N–H and O–H groups in total. The Bertz CT molecular complexity index is 118. The third-order valence-corrected chi connectivity index (χ3v) is 1.62. The van der Waals surface area contributed by atoms with E-state index in [2.05, 4.69) is 0 Å². The number of halogens is 2. The minimum atomic E-state index is -1.46. The van der Waals surface area contributed by atoms with Crippen molar-refractivity contribution in [1.29, 1.82) is 0 Å². The molecule has 8 heteroatoms. The molecule has 90 valence electrons. The minimum Gasteiger partial charge on any atom is -0.389 e. The van der Waals surface area contributed by atoms with E-state index in [-0.39, 0.29) is 37.9 Å². The van der Waals surface area contributed by atoms with Crippen molar-refractivity contribution in [2.24, 2.45) is 11.5 Å². The van der Waals surface area contributed by atoms with Crippen molar-refractivity contribution in [3.05, 3.63) is 0 Å². The van der Waals surface area contributed by atoms with Gasteiger partial charge in [0.2, 0.25) is 0 Å². The first-order valence-corrected chi connectivity index (χ1v) is 3.67. The molecule has 0 amide bonds. The number of aliphatic hydroxyl groups is 4. The van der Waals surface area contributed by atoms with E-state index in [9.17, 15) is 0 Å². The summed E-state index contributed by atoms with van der Waals surface area (Å²) in [6, 6.07) is 0. The summed E-state index contributed by atoms with van der Waals surface area (Å²) in [5.74, 6) is 0. The van der Waals surface area contributed by atoms with Gasteiger partial charge in [0.1, 0.15) is 12.2 Å². The predicted octanol–water partition coefficient (Wildman–Crippen LogP) is -2.81. The molecule has 0 bridgehead atoms. The first-order valence-electron chi connectivity index (χ1n) is 3.67. The fourth-order valence-electron chi connectivity index (χ4n) is 0.734. The van der Waals surface area contributed by atoms with E-state index in [4.69, 9.17) is 31.9 Å². The summed E-state index contributed by atoms with van der Waals surface area (Å²) in [5, 5.41) is 36.1. The molecule has 0 aliphatic carbocycles. The third-order valence-electron chi connectivity index (χ3n) is 1.62. The second-order valence-electron chi connectivity index (χ2n) is 2.59. The number of hydrogen-bond acceptors (Lipinski definition) is 6. The molecular formula is C6H18Cl2N2O4. The summed E-state index contributed by atoms with van der Waals surface area (Å²) in [6.45, 7) is -0.370. The molecule has 4 atom stereocenters. The van der Waals surface area contributed by atoms with Crippen LogP contribution in [0.4, 0.5) is 0 Å². The van der Waals surface area contributed by atoms with E-state index in [0.717, 1.165) is 0 Å². The lowest BCUT2D eigenvalue weighted by Gasteiger charge is -2.24. The lowest BCUT2D eigenvalue weighted by atomic mass is 10.0. The Morgan fingerprint density at radius 3 is 1.07 bits per heavy atom. The fraction of sp³-hybridized carbons (Fsp3) is 1.00. The van der Waals surface area contributed by atoms with Crippen molar-refractivity contribution in [3.63, 3.8) is 0 Å². The van der Waals surface area contributed by atoms with Crippen LogP contribution in [0.15, 0.2) is 0 Å². The molecule has 0 saturated carbocycles. The highest BCUT2D eigenvalue weighted by Gasteiger charge is 2.28. The van der Waals surface area contributed by atoms with Crippen LogP contribution in [0.5, 0.6) is 0 Å². The number of hydrogen-bond donors (Lipinski definition) is 6. The van der Waals surface area contributed by atoms with Gasteiger partial charge in [0.15, 0.2) is 0 Å². The molecule has 0 saturated heterocycles. The van der Waals surface area contributed by atoms with Crippen LogP contribution in [0.25, 0.3) is 0 Å². The first-order chi connectivity index (χ1) is 5.54. The van der Waals surface area contributed by atoms with E-state index in [1.165, 1.54) is 0 Å². The molecule has 0 spiro atoms. The summed E-state index contributed by atoms with van der Waals surface area (Å²) >= 11 is 0. The van der Waals surface area contributed by atoms with Crippen molar-refractivity contribution in [2.45, 2.75) is 24.4 Å². The Morgan fingerprint density at radius 2 is 0.929 bits per heavy atom. The van der Waals surface area contributed by atoms with Gasteiger partial charge in [0.05, 0.1) is 12.2 Å². The summed E-state index contributed by atoms with van der Waals surface area (Å²) < 4.78 is 0. The summed E-state index contributed by atoms with van der Waals surface area (Å²) in [5.41, 5.74) is 10.0. The van der Waals surface area contributed by atoms with Gasteiger partial charge >= 0.3 is 0 Å². The van der Waals surface area contributed by atoms with Crippen molar-refractivity contribution >= 4 is 24.8 Å². The smallest absolute Gasteiger partial charge is 0.110 e. The fourth-order valence-corrected chi connectivity index (χ4v) is 0.734. The third kappa shape index (κ3) is 5.94. The van der Waals surface area contributed by atoms with Gasteiger partial charge in [-0.25, -0.2) is 0 Å². The Balaban J connectivity index is -0.000000605. The largest absolute Gasteiger partial charge is 0.389 e. The van der Waals surface area contributed by atoms with Crippen LogP contribution in [-0.4, -0.2) is 57.9 Å². The average molecular weight is 253 g/mol. The highest BCUT2D eigenvalue weighted by Crippen LogP contribution is 2.03. The second kappa shape index (κ2) is 9.88. The quantitative estimate of drug-likeness (QED) is 0.313. The van der Waals surface area contributed by atoms with Gasteiger partial charge in [0, 0.05) is 13.1 Å². The molecule has 0 fully saturated rings. The molecular weight excluding hydrogens is 235 g/mol. The van der Waals surface area contributed by atoms with Crippen LogP contribution in [0.1, 0.15) is 0 Å². The van der Waals surface area contributed by atoms with E-state index in [1.807, 2.05) is 0 Å². The minimum absolute atomic E-state index is 0. The number of nitrogens with two attached hydrogens (primary N) is 2. The first kappa shape index (κ1) is 19.8. The van der Waals surface area contributed by atoms with E-state index in [1.54, 1.807) is 0 Å². The molecule has 0 radical (unpaired) electrons. The highest BCUT2D eigenvalue weighted by molar-refractivity contribution is 5.85. The number of aliphatic hydroxyl groups excluding tert-OH is 4. The van der Waals surface area contributed by atoms with Gasteiger partial charge in [-0.05, 0) is 0 Å². The van der Waals surface area contributed by atoms with Crippen LogP contribution < -0.4 is 11.5 Å². The monoisotopic (exact) mass is 252 g/mol. The lowest BCUT2D eigenvalue weighted by Crippen LogP contribution is -2.49. The Morgan fingerprint density at radius 1 is 0.714 bits per heavy atom. The van der Waals surface area contributed by atoms with Crippen molar-refractivity contribution in [2.75, 3.05) is 13.1 Å². The van der Waals surface area contributed by atoms with E-state index in [0.29, 0.717) is 0 Å². The Kier molecular flexibility index (Phi) is 14.0. The van der Waals surface area contributed by atoms with Crippen LogP contribution in [-0.2, 0) is 0 Å². The van der Waals surface area contributed by atoms with Gasteiger partial charge in [-0.2, -0.15) is 0 Å². The van der Waals surface area contributed by atoms with Gasteiger partial charge in [-0.1, -0.05) is 0 Å². The van der Waals surface area contributed by atoms with Crippen LogP contribution in [0, 0.1) is 0 Å². The van der Waals surface area contributed by atoms with Gasteiger partial charge in [-0.3, -0.25) is 0 Å². The van der Waals surface area contributed by atoms with Crippen LogP contribution in [0.3, 0.4) is 0 Å². The SMILES string of the molecule is Cl.Cl.NCC(O)C(O)C(O)C(O)CN. The zero-order chi connectivity index (χ0) is 9.72. The predicted molar refractivity (Wildman–Crippen MR) is 56.6 cm³/mol. The zero-order valence-electron chi connectivity index (χ0n) is 7.48. The molecule has 0 heterocycles. The van der Waals surface area contributed by atoms with E-state index < -0.39 is 24.4 Å². The molecule has 0 rings (SSSR count). The maximum Gasteiger partial charge on any atom is 0.110 e. The zero-order valence-corrected chi connectivity index (χ0v) is 9.12. The van der Waals surface area contributed by atoms with Crippen molar-refractivity contribution in [1.82, 2.24) is 0 Å². The molecule has 0 aliphatic heterocycles. The second-order valence-corrected chi connectivity index (χ2v) is 2.59. The molecule has 0 aliphatic rings. The Labute approximate surface area is 94.7 Å². The maximum absolute atomic E-state index is 9.09. The normalized spacial score (nSPS) is 18.4. The molecule has 0 aromatic heterocycles. The summed E-state index contributed by atoms with van der Waals surface area (Å²) in [4.78, 5) is 0.